The van der Waals surface area contributed by atoms with Crippen LogP contribution in [0.4, 0.5) is 0 Å². The van der Waals surface area contributed by atoms with Crippen molar-refractivity contribution < 1.29 is 22.7 Å². The van der Waals surface area contributed by atoms with Crippen molar-refractivity contribution in [3.63, 3.8) is 0 Å². The number of nitrogens with zero attached hydrogens (tertiary/aromatic N) is 1. The molecule has 0 aliphatic heterocycles. The van der Waals surface area contributed by atoms with E-state index in [1.54, 1.807) is 24.0 Å². The van der Waals surface area contributed by atoms with Gasteiger partial charge in [0.05, 0.1) is 23.9 Å². The summed E-state index contributed by atoms with van der Waals surface area (Å²) in [6, 6.07) is 11.9. The Kier molecular flexibility index (Phi) is 9.37. The average molecular weight is 448 g/mol. The third-order valence-electron chi connectivity index (χ3n) is 4.76. The van der Waals surface area contributed by atoms with Gasteiger partial charge in [0.1, 0.15) is 0 Å². The lowest BCUT2D eigenvalue weighted by atomic mass is 10.1. The van der Waals surface area contributed by atoms with Crippen LogP contribution in [0.5, 0.6) is 11.5 Å². The van der Waals surface area contributed by atoms with Crippen molar-refractivity contribution in [3.05, 3.63) is 53.6 Å². The minimum absolute atomic E-state index is 0.0301. The molecule has 0 N–H and O–H groups in total. The number of rotatable bonds is 12. The summed E-state index contributed by atoms with van der Waals surface area (Å²) in [7, 11) is -3.29. The first kappa shape index (κ1) is 24.7. The molecular formula is C24H33NO5S. The van der Waals surface area contributed by atoms with Crippen LogP contribution in [0.3, 0.4) is 0 Å². The number of ether oxygens (including phenoxy) is 2. The van der Waals surface area contributed by atoms with Crippen molar-refractivity contribution in [1.82, 2.24) is 4.90 Å². The zero-order valence-corrected chi connectivity index (χ0v) is 19.7. The summed E-state index contributed by atoms with van der Waals surface area (Å²) in [6.45, 7) is 9.75. The Labute approximate surface area is 186 Å². The van der Waals surface area contributed by atoms with Crippen LogP contribution in [0, 0.1) is 0 Å². The molecule has 7 heteroatoms. The molecule has 31 heavy (non-hydrogen) atoms. The molecule has 1 amide bonds. The molecule has 0 bridgehead atoms. The molecule has 0 saturated heterocycles. The Morgan fingerprint density at radius 2 is 1.61 bits per heavy atom. The van der Waals surface area contributed by atoms with E-state index in [4.69, 9.17) is 9.47 Å². The van der Waals surface area contributed by atoms with Crippen LogP contribution < -0.4 is 9.47 Å². The lowest BCUT2D eigenvalue weighted by Crippen LogP contribution is -2.31. The Hall–Kier alpha value is -2.54. The van der Waals surface area contributed by atoms with Crippen LogP contribution in [0.15, 0.2) is 47.4 Å². The van der Waals surface area contributed by atoms with Gasteiger partial charge >= 0.3 is 0 Å². The molecular weight excluding hydrogens is 414 g/mol. The average Bonchev–Trinajstić information content (AvgIpc) is 2.78. The number of amides is 1. The monoisotopic (exact) mass is 447 g/mol. The smallest absolute Gasteiger partial charge is 0.254 e. The zero-order chi connectivity index (χ0) is 22.9. The second kappa shape index (κ2) is 11.7. The third-order valence-corrected chi connectivity index (χ3v) is 6.51. The summed E-state index contributed by atoms with van der Waals surface area (Å²) in [5, 5.41) is 0. The second-order valence-corrected chi connectivity index (χ2v) is 9.50. The maximum absolute atomic E-state index is 13.1. The minimum Gasteiger partial charge on any atom is -0.490 e. The van der Waals surface area contributed by atoms with Crippen molar-refractivity contribution in [2.24, 2.45) is 0 Å². The fraction of sp³-hybridized carbons (Fsp3) is 0.458. The van der Waals surface area contributed by atoms with Crippen molar-refractivity contribution in [2.75, 3.05) is 25.5 Å². The van der Waals surface area contributed by atoms with Crippen LogP contribution in [0.1, 0.15) is 56.5 Å². The molecule has 0 aliphatic rings. The first-order valence-electron chi connectivity index (χ1n) is 10.9. The lowest BCUT2D eigenvalue weighted by molar-refractivity contribution is 0.0743. The molecule has 6 nitrogen and oxygen atoms in total. The highest BCUT2D eigenvalue weighted by molar-refractivity contribution is 7.91. The predicted octanol–water partition coefficient (Wildman–Crippen LogP) is 4.72. The van der Waals surface area contributed by atoms with Gasteiger partial charge in [-0.1, -0.05) is 26.8 Å². The molecule has 2 rings (SSSR count). The van der Waals surface area contributed by atoms with E-state index in [9.17, 15) is 13.2 Å². The van der Waals surface area contributed by atoms with E-state index >= 15 is 0 Å². The van der Waals surface area contributed by atoms with Gasteiger partial charge in [0, 0.05) is 18.7 Å². The molecule has 0 heterocycles. The largest absolute Gasteiger partial charge is 0.490 e. The summed E-state index contributed by atoms with van der Waals surface area (Å²) in [5.41, 5.74) is 1.41. The van der Waals surface area contributed by atoms with Crippen LogP contribution >= 0.6 is 0 Å². The van der Waals surface area contributed by atoms with Crippen LogP contribution in [0.2, 0.25) is 0 Å². The zero-order valence-electron chi connectivity index (χ0n) is 18.9. The molecule has 0 saturated carbocycles. The first-order valence-corrected chi connectivity index (χ1v) is 12.5. The number of sulfone groups is 1. The van der Waals surface area contributed by atoms with E-state index in [2.05, 4.69) is 0 Å². The molecule has 0 aromatic heterocycles. The molecule has 0 aliphatic carbocycles. The molecule has 0 radical (unpaired) electrons. The highest BCUT2D eigenvalue weighted by Crippen LogP contribution is 2.29. The fourth-order valence-corrected chi connectivity index (χ4v) is 4.03. The van der Waals surface area contributed by atoms with E-state index < -0.39 is 9.84 Å². The van der Waals surface area contributed by atoms with Crippen LogP contribution in [0.25, 0.3) is 0 Å². The van der Waals surface area contributed by atoms with E-state index in [1.807, 2.05) is 39.0 Å². The lowest BCUT2D eigenvalue weighted by Gasteiger charge is -2.23. The normalized spacial score (nSPS) is 11.2. The molecule has 0 spiro atoms. The SMILES string of the molecule is CCCOc1ccc(CN(CCC)C(=O)c2ccc(S(=O)(=O)CC)cc2)cc1OCC. The Morgan fingerprint density at radius 3 is 2.19 bits per heavy atom. The van der Waals surface area contributed by atoms with E-state index in [-0.39, 0.29) is 16.6 Å². The van der Waals surface area contributed by atoms with Crippen LogP contribution in [-0.4, -0.2) is 44.7 Å². The van der Waals surface area contributed by atoms with Gasteiger partial charge in [-0.2, -0.15) is 0 Å². The quantitative estimate of drug-likeness (QED) is 0.471. The Bertz CT molecular complexity index is 954. The van der Waals surface area contributed by atoms with Crippen LogP contribution in [-0.2, 0) is 16.4 Å². The van der Waals surface area contributed by atoms with Gasteiger partial charge in [-0.15, -0.1) is 0 Å². The van der Waals surface area contributed by atoms with E-state index in [0.29, 0.717) is 43.4 Å². The highest BCUT2D eigenvalue weighted by atomic mass is 32.2. The highest BCUT2D eigenvalue weighted by Gasteiger charge is 2.18. The molecule has 0 unspecified atom stereocenters. The summed E-state index contributed by atoms with van der Waals surface area (Å²) in [6.07, 6.45) is 1.72. The predicted molar refractivity (Wildman–Crippen MR) is 123 cm³/mol. The van der Waals surface area contributed by atoms with Gasteiger partial charge in [0.15, 0.2) is 21.3 Å². The summed E-state index contributed by atoms with van der Waals surface area (Å²) >= 11 is 0. The van der Waals surface area contributed by atoms with Crippen molar-refractivity contribution in [1.29, 1.82) is 0 Å². The van der Waals surface area contributed by atoms with Gasteiger partial charge in [-0.05, 0) is 61.7 Å². The Balaban J connectivity index is 2.23. The standard InChI is InChI=1S/C24H33NO5S/c1-5-15-25(24(26)20-10-12-21(13-11-20)31(27,28)8-4)18-19-9-14-22(30-16-6-2)23(17-19)29-7-3/h9-14,17H,5-8,15-16,18H2,1-4H3. The maximum Gasteiger partial charge on any atom is 0.254 e. The number of carbonyl (C=O) groups excluding carboxylic acids is 1. The third kappa shape index (κ3) is 6.72. The molecule has 0 fully saturated rings. The van der Waals surface area contributed by atoms with Gasteiger partial charge in [0.2, 0.25) is 0 Å². The van der Waals surface area contributed by atoms with Gasteiger partial charge in [-0.3, -0.25) is 4.79 Å². The molecule has 0 atom stereocenters. The fourth-order valence-electron chi connectivity index (χ4n) is 3.15. The summed E-state index contributed by atoms with van der Waals surface area (Å²) in [5.74, 6) is 1.27. The van der Waals surface area contributed by atoms with Gasteiger partial charge in [-0.25, -0.2) is 8.42 Å². The van der Waals surface area contributed by atoms with Crippen molar-refractivity contribution >= 4 is 15.7 Å². The topological polar surface area (TPSA) is 72.9 Å². The van der Waals surface area contributed by atoms with E-state index in [0.717, 1.165) is 18.4 Å². The van der Waals surface area contributed by atoms with Crippen molar-refractivity contribution in [2.45, 2.75) is 52.0 Å². The maximum atomic E-state index is 13.1. The van der Waals surface area contributed by atoms with Gasteiger partial charge < -0.3 is 14.4 Å². The van der Waals surface area contributed by atoms with Gasteiger partial charge in [0.25, 0.3) is 5.91 Å². The number of hydrogen-bond acceptors (Lipinski definition) is 5. The number of hydrogen-bond donors (Lipinski definition) is 0. The molecule has 2 aromatic rings. The molecule has 2 aromatic carbocycles. The summed E-state index contributed by atoms with van der Waals surface area (Å²) in [4.78, 5) is 15.1. The minimum atomic E-state index is -3.29. The number of benzene rings is 2. The Morgan fingerprint density at radius 1 is 0.903 bits per heavy atom. The first-order chi connectivity index (χ1) is 14.9. The molecule has 170 valence electrons. The van der Waals surface area contributed by atoms with E-state index in [1.165, 1.54) is 12.1 Å². The second-order valence-electron chi connectivity index (χ2n) is 7.22. The summed E-state index contributed by atoms with van der Waals surface area (Å²) < 4.78 is 35.5. The number of carbonyl (C=O) groups is 1. The van der Waals surface area contributed by atoms with Crippen molar-refractivity contribution in [3.8, 4) is 11.5 Å².